The second kappa shape index (κ2) is 11.7. The lowest BCUT2D eigenvalue weighted by atomic mass is 9.77. The van der Waals surface area contributed by atoms with Crippen molar-refractivity contribution in [1.82, 2.24) is 0 Å². The van der Waals surface area contributed by atoms with Gasteiger partial charge in [0.2, 0.25) is 0 Å². The summed E-state index contributed by atoms with van der Waals surface area (Å²) < 4.78 is 13.1. The van der Waals surface area contributed by atoms with E-state index in [1.807, 2.05) is 37.4 Å². The zero-order valence-electron chi connectivity index (χ0n) is 21.9. The van der Waals surface area contributed by atoms with Crippen LogP contribution in [0, 0.1) is 9.49 Å². The summed E-state index contributed by atoms with van der Waals surface area (Å²) in [6.45, 7) is 3.05. The lowest BCUT2D eigenvalue weighted by Gasteiger charge is -2.37. The van der Waals surface area contributed by atoms with Crippen LogP contribution in [-0.2, 0) is 6.61 Å². The van der Waals surface area contributed by atoms with Gasteiger partial charge in [0.15, 0.2) is 11.5 Å². The molecule has 1 N–H and O–H groups in total. The van der Waals surface area contributed by atoms with Crippen LogP contribution in [-0.4, -0.2) is 12.8 Å². The van der Waals surface area contributed by atoms with Gasteiger partial charge >= 0.3 is 0 Å². The van der Waals surface area contributed by atoms with Crippen molar-refractivity contribution in [3.63, 3.8) is 0 Å². The molecule has 0 radical (unpaired) electrons. The number of aliphatic imine (C=N–C) groups is 1. The van der Waals surface area contributed by atoms with E-state index in [4.69, 9.17) is 14.5 Å². The van der Waals surface area contributed by atoms with Crippen LogP contribution in [0.25, 0.3) is 0 Å². The lowest BCUT2D eigenvalue weighted by molar-refractivity contribution is 0.267. The molecule has 1 aliphatic carbocycles. The molecule has 0 unspecified atom stereocenters. The average molecular weight is 627 g/mol. The average Bonchev–Trinajstić information content (AvgIpc) is 3.47. The number of hydrogen-bond donors (Lipinski definition) is 1. The largest absolute Gasteiger partial charge is 0.490 e. The number of nitrogens with zero attached hydrogens (tertiary/aromatic N) is 1. The molecule has 39 heavy (non-hydrogen) atoms. The van der Waals surface area contributed by atoms with E-state index < -0.39 is 0 Å². The highest BCUT2D eigenvalue weighted by Gasteiger charge is 2.37. The molecule has 0 aromatic heterocycles. The second-order valence-corrected chi connectivity index (χ2v) is 11.1. The van der Waals surface area contributed by atoms with Crippen molar-refractivity contribution >= 4 is 40.2 Å². The van der Waals surface area contributed by atoms with Crippen molar-refractivity contribution in [2.24, 2.45) is 10.9 Å². The van der Waals surface area contributed by atoms with Gasteiger partial charge in [0.1, 0.15) is 6.61 Å². The highest BCUT2D eigenvalue weighted by atomic mass is 127. The van der Waals surface area contributed by atoms with Gasteiger partial charge in [-0.3, -0.25) is 4.99 Å². The molecule has 1 heterocycles. The fourth-order valence-electron chi connectivity index (χ4n) is 5.59. The van der Waals surface area contributed by atoms with Crippen molar-refractivity contribution in [3.8, 4) is 11.5 Å². The van der Waals surface area contributed by atoms with E-state index in [2.05, 4.69) is 107 Å². The number of allylic oxidation sites excluding steroid dienone is 2. The van der Waals surface area contributed by atoms with E-state index in [1.54, 1.807) is 0 Å². The number of benzene rings is 4. The maximum Gasteiger partial charge on any atom is 0.175 e. The quantitative estimate of drug-likeness (QED) is 0.121. The molecule has 4 aromatic carbocycles. The van der Waals surface area contributed by atoms with E-state index in [0.717, 1.165) is 38.3 Å². The van der Waals surface area contributed by atoms with Gasteiger partial charge in [-0.1, -0.05) is 72.8 Å². The Balaban J connectivity index is 1.18. The van der Waals surface area contributed by atoms with Crippen LogP contribution in [0.5, 0.6) is 11.5 Å². The maximum atomic E-state index is 6.16. The minimum atomic E-state index is 0.289. The van der Waals surface area contributed by atoms with Gasteiger partial charge in [-0.2, -0.15) is 0 Å². The summed E-state index contributed by atoms with van der Waals surface area (Å²) in [5, 5.41) is 3.81. The molecule has 4 aromatic rings. The fraction of sp³-hybridized carbons (Fsp3) is 0.206. The number of anilines is 1. The Morgan fingerprint density at radius 2 is 1.74 bits per heavy atom. The van der Waals surface area contributed by atoms with E-state index in [-0.39, 0.29) is 6.04 Å². The minimum absolute atomic E-state index is 0.289. The predicted octanol–water partition coefficient (Wildman–Crippen LogP) is 8.85. The predicted molar refractivity (Wildman–Crippen MR) is 168 cm³/mol. The zero-order chi connectivity index (χ0) is 26.6. The van der Waals surface area contributed by atoms with E-state index in [0.29, 0.717) is 25.0 Å². The van der Waals surface area contributed by atoms with Crippen LogP contribution in [0.1, 0.15) is 47.6 Å². The van der Waals surface area contributed by atoms with E-state index >= 15 is 0 Å². The van der Waals surface area contributed by atoms with E-state index in [9.17, 15) is 0 Å². The molecule has 5 heteroatoms. The highest BCUT2D eigenvalue weighted by molar-refractivity contribution is 14.1. The van der Waals surface area contributed by atoms with Crippen LogP contribution in [0.15, 0.2) is 108 Å². The van der Waals surface area contributed by atoms with Crippen molar-refractivity contribution < 1.29 is 9.47 Å². The number of para-hydroxylation sites is 1. The lowest BCUT2D eigenvalue weighted by Crippen LogP contribution is -2.28. The molecular weight excluding hydrogens is 595 g/mol. The molecule has 0 amide bonds. The number of nitrogens with one attached hydrogen (secondary N) is 1. The number of ether oxygens (including phenoxy) is 2. The van der Waals surface area contributed by atoms with Crippen molar-refractivity contribution in [3.05, 3.63) is 129 Å². The van der Waals surface area contributed by atoms with Crippen LogP contribution in [0.3, 0.4) is 0 Å². The molecule has 4 nitrogen and oxygen atoms in total. The third-order valence-corrected chi connectivity index (χ3v) is 8.25. The first-order valence-electron chi connectivity index (χ1n) is 13.5. The molecule has 1 aliphatic heterocycles. The first-order chi connectivity index (χ1) is 19.2. The Morgan fingerprint density at radius 1 is 0.949 bits per heavy atom. The third-order valence-electron chi connectivity index (χ3n) is 7.44. The summed E-state index contributed by atoms with van der Waals surface area (Å²) in [4.78, 5) is 4.77. The first-order valence-corrected chi connectivity index (χ1v) is 14.6. The molecule has 196 valence electrons. The monoisotopic (exact) mass is 626 g/mol. The number of fused-ring (bicyclic) bond motifs is 3. The summed E-state index contributed by atoms with van der Waals surface area (Å²) >= 11 is 2.31. The Bertz CT molecular complexity index is 1500. The SMILES string of the molecule is CCOc1cc(C=Nc2ccc([C@@H]3Nc4ccccc4[C@H]4C=CC[C@H]43)cc2)cc(I)c1OCc1ccccc1. The Labute approximate surface area is 243 Å². The normalized spacial score (nSPS) is 19.4. The maximum absolute atomic E-state index is 6.16. The Morgan fingerprint density at radius 3 is 2.56 bits per heavy atom. The molecule has 0 saturated carbocycles. The van der Waals surface area contributed by atoms with Crippen LogP contribution in [0.2, 0.25) is 0 Å². The number of hydrogen-bond acceptors (Lipinski definition) is 4. The molecule has 0 spiro atoms. The van der Waals surface area contributed by atoms with Gasteiger partial charge in [0.25, 0.3) is 0 Å². The molecule has 3 atom stereocenters. The smallest absolute Gasteiger partial charge is 0.175 e. The standard InChI is InChI=1S/C34H31IN2O2/c1-2-38-32-20-24(19-30(35)34(32)39-22-23-9-4-3-5-10-23)21-36-26-17-15-25(16-18-26)33-29-13-8-12-27(29)28-11-6-7-14-31(28)37-33/h3-12,14-21,27,29,33,37H,2,13,22H2,1H3/t27-,29-,33+/m1/s1. The van der Waals surface area contributed by atoms with Gasteiger partial charge in [-0.25, -0.2) is 0 Å². The molecule has 2 aliphatic rings. The summed E-state index contributed by atoms with van der Waals surface area (Å²) in [5.74, 6) is 2.52. The van der Waals surface area contributed by atoms with E-state index in [1.165, 1.54) is 16.8 Å². The van der Waals surface area contributed by atoms with Gasteiger partial charge in [0, 0.05) is 17.8 Å². The summed E-state index contributed by atoms with van der Waals surface area (Å²) in [5.41, 5.74) is 6.98. The van der Waals surface area contributed by atoms with Crippen molar-refractivity contribution in [2.45, 2.75) is 31.9 Å². The Hall–Kier alpha value is -3.58. The van der Waals surface area contributed by atoms with Gasteiger partial charge in [-0.05, 0) is 94.4 Å². The summed E-state index contributed by atoms with van der Waals surface area (Å²) in [7, 11) is 0. The molecule has 0 saturated heterocycles. The van der Waals surface area contributed by atoms with Gasteiger partial charge in [-0.15, -0.1) is 0 Å². The molecule has 6 rings (SSSR count). The first kappa shape index (κ1) is 25.7. The number of halogens is 1. The molecule has 0 fully saturated rings. The Kier molecular flexibility index (Phi) is 7.68. The van der Waals surface area contributed by atoms with Gasteiger partial charge < -0.3 is 14.8 Å². The van der Waals surface area contributed by atoms with Crippen LogP contribution in [0.4, 0.5) is 11.4 Å². The third kappa shape index (κ3) is 5.59. The van der Waals surface area contributed by atoms with Crippen molar-refractivity contribution in [1.29, 1.82) is 0 Å². The fourth-order valence-corrected chi connectivity index (χ4v) is 6.37. The van der Waals surface area contributed by atoms with Crippen LogP contribution >= 0.6 is 22.6 Å². The van der Waals surface area contributed by atoms with Gasteiger partial charge in [0.05, 0.1) is 21.9 Å². The summed E-state index contributed by atoms with van der Waals surface area (Å²) in [6.07, 6.45) is 7.71. The van der Waals surface area contributed by atoms with Crippen LogP contribution < -0.4 is 14.8 Å². The second-order valence-electron chi connectivity index (χ2n) is 9.95. The number of rotatable bonds is 8. The summed E-state index contributed by atoms with van der Waals surface area (Å²) in [6, 6.07) is 31.9. The molecular formula is C34H31IN2O2. The topological polar surface area (TPSA) is 42.8 Å². The molecule has 0 bridgehead atoms. The minimum Gasteiger partial charge on any atom is -0.490 e. The zero-order valence-corrected chi connectivity index (χ0v) is 24.0. The highest BCUT2D eigenvalue weighted by Crippen LogP contribution is 2.49. The van der Waals surface area contributed by atoms with Crippen molar-refractivity contribution in [2.75, 3.05) is 11.9 Å².